The molecule has 190 valence electrons. The highest BCUT2D eigenvalue weighted by atomic mass is 16.5. The van der Waals surface area contributed by atoms with Gasteiger partial charge in [-0.05, 0) is 65.8 Å². The first-order chi connectivity index (χ1) is 17.2. The van der Waals surface area contributed by atoms with Crippen molar-refractivity contribution in [2.24, 2.45) is 5.92 Å². The number of carbonyl (C=O) groups excluding carboxylic acids is 1. The maximum Gasteiger partial charge on any atom is 0.303 e. The van der Waals surface area contributed by atoms with Crippen LogP contribution in [0.3, 0.4) is 0 Å². The molecule has 3 rings (SSSR count). The average molecular weight is 489 g/mol. The van der Waals surface area contributed by atoms with Gasteiger partial charge in [-0.3, -0.25) is 9.59 Å². The molecule has 0 aliphatic carbocycles. The number of hydrogen-bond donors (Lipinski definition) is 2. The maximum absolute atomic E-state index is 13.6. The normalized spacial score (nSPS) is 11.7. The Morgan fingerprint density at radius 1 is 0.972 bits per heavy atom. The van der Waals surface area contributed by atoms with Crippen LogP contribution in [0.4, 0.5) is 5.69 Å². The molecular weight excluding hydrogens is 452 g/mol. The molecule has 0 fully saturated rings. The lowest BCUT2D eigenvalue weighted by Crippen LogP contribution is -2.30. The standard InChI is InChI=1S/C30H36N2O4/c1-21(2)18-28(24-12-15-25(16-13-24)32(3)4)31-30(35)27-19-22(10-11-23(27)14-17-29(33)34)20-36-26-8-6-5-7-9-26/h5-13,15-16,19,21,28H,14,17-18,20H2,1-4H3,(H,31,35)(H,33,34). The lowest BCUT2D eigenvalue weighted by Gasteiger charge is -2.23. The van der Waals surface area contributed by atoms with Crippen molar-refractivity contribution < 1.29 is 19.4 Å². The molecule has 6 nitrogen and oxygen atoms in total. The van der Waals surface area contributed by atoms with Crippen LogP contribution in [-0.2, 0) is 17.8 Å². The Morgan fingerprint density at radius 2 is 1.67 bits per heavy atom. The zero-order valence-electron chi connectivity index (χ0n) is 21.5. The van der Waals surface area contributed by atoms with E-state index in [0.717, 1.165) is 29.0 Å². The summed E-state index contributed by atoms with van der Waals surface area (Å²) in [5, 5.41) is 12.4. The minimum atomic E-state index is -0.892. The van der Waals surface area contributed by atoms with Crippen molar-refractivity contribution in [3.8, 4) is 5.75 Å². The fourth-order valence-electron chi connectivity index (χ4n) is 4.06. The monoisotopic (exact) mass is 488 g/mol. The van der Waals surface area contributed by atoms with Crippen LogP contribution in [0.2, 0.25) is 0 Å². The number of carboxylic acid groups (broad SMARTS) is 1. The molecule has 0 heterocycles. The first-order valence-corrected chi connectivity index (χ1v) is 12.3. The number of ether oxygens (including phenoxy) is 1. The number of para-hydroxylation sites is 1. The Balaban J connectivity index is 1.85. The second kappa shape index (κ2) is 12.8. The summed E-state index contributed by atoms with van der Waals surface area (Å²) in [5.74, 6) is 0.0216. The summed E-state index contributed by atoms with van der Waals surface area (Å²) in [4.78, 5) is 26.8. The predicted octanol–water partition coefficient (Wildman–Crippen LogP) is 5.87. The van der Waals surface area contributed by atoms with Gasteiger partial charge >= 0.3 is 5.97 Å². The molecule has 0 spiro atoms. The molecule has 0 aromatic heterocycles. The Morgan fingerprint density at radius 3 is 2.28 bits per heavy atom. The fraction of sp³-hybridized carbons (Fsp3) is 0.333. The van der Waals surface area contributed by atoms with Crippen LogP contribution >= 0.6 is 0 Å². The van der Waals surface area contributed by atoms with E-state index in [2.05, 4.69) is 43.4 Å². The summed E-state index contributed by atoms with van der Waals surface area (Å²) >= 11 is 0. The van der Waals surface area contributed by atoms with Gasteiger partial charge in [0.2, 0.25) is 0 Å². The number of amides is 1. The summed E-state index contributed by atoms with van der Waals surface area (Å²) in [5.41, 5.74) is 4.18. The number of rotatable bonds is 12. The number of carbonyl (C=O) groups is 2. The van der Waals surface area contributed by atoms with E-state index in [0.29, 0.717) is 23.7 Å². The van der Waals surface area contributed by atoms with Crippen LogP contribution < -0.4 is 15.0 Å². The molecule has 3 aromatic carbocycles. The molecule has 2 N–H and O–H groups in total. The van der Waals surface area contributed by atoms with Crippen molar-refractivity contribution in [3.63, 3.8) is 0 Å². The third-order valence-electron chi connectivity index (χ3n) is 6.00. The summed E-state index contributed by atoms with van der Waals surface area (Å²) in [7, 11) is 3.99. The Kier molecular flexibility index (Phi) is 9.51. The van der Waals surface area contributed by atoms with Crippen LogP contribution in [0.1, 0.15) is 59.8 Å². The summed E-state index contributed by atoms with van der Waals surface area (Å²) in [6, 6.07) is 23.1. The largest absolute Gasteiger partial charge is 0.489 e. The van der Waals surface area contributed by atoms with Crippen LogP contribution in [0.25, 0.3) is 0 Å². The molecule has 6 heteroatoms. The third kappa shape index (κ3) is 7.87. The molecule has 3 aromatic rings. The number of hydrogen-bond acceptors (Lipinski definition) is 4. The van der Waals surface area contributed by atoms with E-state index in [1.54, 1.807) is 0 Å². The number of carboxylic acids is 1. The van der Waals surface area contributed by atoms with E-state index in [4.69, 9.17) is 4.74 Å². The number of aliphatic carboxylic acids is 1. The molecule has 36 heavy (non-hydrogen) atoms. The second-order valence-electron chi connectivity index (χ2n) is 9.63. The quantitative estimate of drug-likeness (QED) is 0.334. The van der Waals surface area contributed by atoms with Gasteiger partial charge in [0, 0.05) is 31.8 Å². The molecule has 1 atom stereocenters. The van der Waals surface area contributed by atoms with E-state index in [1.165, 1.54) is 0 Å². The van der Waals surface area contributed by atoms with Crippen molar-refractivity contribution in [1.29, 1.82) is 0 Å². The van der Waals surface area contributed by atoms with Gasteiger partial charge in [0.15, 0.2) is 0 Å². The number of anilines is 1. The first-order valence-electron chi connectivity index (χ1n) is 12.3. The van der Waals surface area contributed by atoms with E-state index in [-0.39, 0.29) is 24.8 Å². The fourth-order valence-corrected chi connectivity index (χ4v) is 4.06. The van der Waals surface area contributed by atoms with Crippen LogP contribution in [0, 0.1) is 5.92 Å². The zero-order chi connectivity index (χ0) is 26.1. The van der Waals surface area contributed by atoms with Crippen molar-refractivity contribution >= 4 is 17.6 Å². The number of nitrogens with one attached hydrogen (secondary N) is 1. The summed E-state index contributed by atoms with van der Waals surface area (Å²) in [6.07, 6.45) is 1.03. The average Bonchev–Trinajstić information content (AvgIpc) is 2.86. The molecule has 1 unspecified atom stereocenters. The van der Waals surface area contributed by atoms with Gasteiger partial charge in [-0.1, -0.05) is 56.3 Å². The Labute approximate surface area is 213 Å². The topological polar surface area (TPSA) is 78.9 Å². The lowest BCUT2D eigenvalue weighted by atomic mass is 9.95. The van der Waals surface area contributed by atoms with Gasteiger partial charge in [-0.25, -0.2) is 0 Å². The van der Waals surface area contributed by atoms with Gasteiger partial charge in [-0.2, -0.15) is 0 Å². The highest BCUT2D eigenvalue weighted by Gasteiger charge is 2.20. The molecule has 0 radical (unpaired) electrons. The van der Waals surface area contributed by atoms with Crippen LogP contribution in [-0.4, -0.2) is 31.1 Å². The number of benzene rings is 3. The second-order valence-corrected chi connectivity index (χ2v) is 9.63. The first kappa shape index (κ1) is 26.8. The Hall–Kier alpha value is -3.80. The van der Waals surface area contributed by atoms with Crippen LogP contribution in [0.5, 0.6) is 5.75 Å². The maximum atomic E-state index is 13.6. The van der Waals surface area contributed by atoms with E-state index in [1.807, 2.05) is 67.5 Å². The molecule has 1 amide bonds. The molecule has 0 saturated carbocycles. The highest BCUT2D eigenvalue weighted by Crippen LogP contribution is 2.25. The molecule has 0 aliphatic heterocycles. The van der Waals surface area contributed by atoms with Crippen molar-refractivity contribution in [1.82, 2.24) is 5.32 Å². The van der Waals surface area contributed by atoms with Gasteiger partial charge in [0.1, 0.15) is 12.4 Å². The Bertz CT molecular complexity index is 1140. The van der Waals surface area contributed by atoms with E-state index >= 15 is 0 Å². The number of aryl methyl sites for hydroxylation is 1. The molecule has 0 bridgehead atoms. The summed E-state index contributed by atoms with van der Waals surface area (Å²) in [6.45, 7) is 4.57. The van der Waals surface area contributed by atoms with Gasteiger partial charge in [0.05, 0.1) is 6.04 Å². The molecular formula is C30H36N2O4. The number of nitrogens with zero attached hydrogens (tertiary/aromatic N) is 1. The van der Waals surface area contributed by atoms with Gasteiger partial charge in [-0.15, -0.1) is 0 Å². The van der Waals surface area contributed by atoms with Crippen molar-refractivity contribution in [2.75, 3.05) is 19.0 Å². The van der Waals surface area contributed by atoms with Gasteiger partial charge < -0.3 is 20.1 Å². The predicted molar refractivity (Wildman–Crippen MR) is 144 cm³/mol. The lowest BCUT2D eigenvalue weighted by molar-refractivity contribution is -0.136. The molecule has 0 saturated heterocycles. The zero-order valence-corrected chi connectivity index (χ0v) is 21.5. The smallest absolute Gasteiger partial charge is 0.303 e. The van der Waals surface area contributed by atoms with E-state index < -0.39 is 5.97 Å². The summed E-state index contributed by atoms with van der Waals surface area (Å²) < 4.78 is 5.87. The minimum absolute atomic E-state index is 0.0401. The molecule has 0 aliphatic rings. The minimum Gasteiger partial charge on any atom is -0.489 e. The van der Waals surface area contributed by atoms with E-state index in [9.17, 15) is 14.7 Å². The van der Waals surface area contributed by atoms with Gasteiger partial charge in [0.25, 0.3) is 5.91 Å². The van der Waals surface area contributed by atoms with Crippen molar-refractivity contribution in [2.45, 2.75) is 45.8 Å². The van der Waals surface area contributed by atoms with Crippen LogP contribution in [0.15, 0.2) is 72.8 Å². The van der Waals surface area contributed by atoms with Crippen molar-refractivity contribution in [3.05, 3.63) is 95.1 Å². The highest BCUT2D eigenvalue weighted by molar-refractivity contribution is 5.96. The SMILES string of the molecule is CC(C)CC(NC(=O)c1cc(COc2ccccc2)ccc1CCC(=O)O)c1ccc(N(C)C)cc1. The third-order valence-corrected chi connectivity index (χ3v) is 6.00.